The van der Waals surface area contributed by atoms with Gasteiger partial charge in [-0.05, 0) is 80.2 Å². The molecule has 10 nitrogen and oxygen atoms in total. The summed E-state index contributed by atoms with van der Waals surface area (Å²) in [5.41, 5.74) is 5.56. The first kappa shape index (κ1) is 33.5. The topological polar surface area (TPSA) is 116 Å². The molecule has 1 unspecified atom stereocenters. The van der Waals surface area contributed by atoms with Crippen LogP contribution in [-0.2, 0) is 13.5 Å². The fourth-order valence-electron chi connectivity index (χ4n) is 6.21. The van der Waals surface area contributed by atoms with E-state index in [-0.39, 0.29) is 17.6 Å². The molecular formula is C35H47ClN8O2. The Bertz CT molecular complexity index is 1530. The molecule has 2 aliphatic carbocycles. The van der Waals surface area contributed by atoms with Crippen molar-refractivity contribution in [3.63, 3.8) is 0 Å². The summed E-state index contributed by atoms with van der Waals surface area (Å²) in [6.07, 6.45) is 14.3. The fraction of sp³-hybridized carbons (Fsp3) is 0.486. The molecule has 1 saturated heterocycles. The molecule has 1 saturated carbocycles. The highest BCUT2D eigenvalue weighted by molar-refractivity contribution is 6.30. The summed E-state index contributed by atoms with van der Waals surface area (Å²) >= 11 is 6.40. The summed E-state index contributed by atoms with van der Waals surface area (Å²) in [5, 5.41) is 13.2. The molecule has 246 valence electrons. The number of carbonyl (C=O) groups is 2. The van der Waals surface area contributed by atoms with Crippen molar-refractivity contribution >= 4 is 35.3 Å². The zero-order valence-electron chi connectivity index (χ0n) is 27.4. The van der Waals surface area contributed by atoms with Crippen LogP contribution in [0.4, 0.5) is 9.59 Å². The number of carbonyl (C=O) groups excluding carboxylic acids is 2. The first-order valence-corrected chi connectivity index (χ1v) is 16.7. The molecule has 46 heavy (non-hydrogen) atoms. The van der Waals surface area contributed by atoms with Crippen molar-refractivity contribution in [1.29, 1.82) is 0 Å². The van der Waals surface area contributed by atoms with Crippen LogP contribution in [-0.4, -0.2) is 69.3 Å². The highest BCUT2D eigenvalue weighted by Crippen LogP contribution is 2.38. The van der Waals surface area contributed by atoms with Crippen molar-refractivity contribution in [2.24, 2.45) is 7.05 Å². The van der Waals surface area contributed by atoms with E-state index in [1.165, 1.54) is 19.3 Å². The normalized spacial score (nSPS) is 17.2. The summed E-state index contributed by atoms with van der Waals surface area (Å²) in [7, 11) is 1.92. The SMILES string of the molecule is Cn1cncc1C(NC(=O)NC(C)(C)C)C1=Cc2cccnc2Cc2ccc(Cl)cc21.O=C(NC1CCCCC1)N1CCNCC1. The van der Waals surface area contributed by atoms with Gasteiger partial charge in [0.15, 0.2) is 0 Å². The van der Waals surface area contributed by atoms with E-state index >= 15 is 0 Å². The van der Waals surface area contributed by atoms with Crippen molar-refractivity contribution in [2.75, 3.05) is 26.2 Å². The van der Waals surface area contributed by atoms with Gasteiger partial charge in [0.05, 0.1) is 30.0 Å². The molecule has 3 aromatic rings. The number of hydrogen-bond donors (Lipinski definition) is 4. The predicted molar refractivity (Wildman–Crippen MR) is 184 cm³/mol. The number of fused-ring (bicyclic) bond motifs is 2. The van der Waals surface area contributed by atoms with Crippen molar-refractivity contribution in [3.05, 3.63) is 82.2 Å². The monoisotopic (exact) mass is 646 g/mol. The molecule has 3 aliphatic rings. The quantitative estimate of drug-likeness (QED) is 0.291. The van der Waals surface area contributed by atoms with Gasteiger partial charge in [-0.2, -0.15) is 0 Å². The molecule has 11 heteroatoms. The van der Waals surface area contributed by atoms with Gasteiger partial charge in [-0.15, -0.1) is 0 Å². The number of aryl methyl sites for hydroxylation is 1. The molecule has 3 heterocycles. The molecule has 4 N–H and O–H groups in total. The van der Waals surface area contributed by atoms with E-state index in [1.54, 1.807) is 18.7 Å². The van der Waals surface area contributed by atoms with E-state index in [0.717, 1.165) is 72.7 Å². The van der Waals surface area contributed by atoms with Gasteiger partial charge in [0, 0.05) is 62.4 Å². The van der Waals surface area contributed by atoms with Gasteiger partial charge in [0.1, 0.15) is 0 Å². The van der Waals surface area contributed by atoms with Crippen LogP contribution in [0.5, 0.6) is 0 Å². The lowest BCUT2D eigenvalue weighted by Gasteiger charge is -2.31. The average molecular weight is 647 g/mol. The largest absolute Gasteiger partial charge is 0.336 e. The summed E-state index contributed by atoms with van der Waals surface area (Å²) < 4.78 is 1.92. The van der Waals surface area contributed by atoms with Gasteiger partial charge in [-0.3, -0.25) is 4.98 Å². The minimum absolute atomic E-state index is 0.142. The number of rotatable bonds is 4. The number of benzene rings is 1. The van der Waals surface area contributed by atoms with Crippen LogP contribution in [0.25, 0.3) is 11.6 Å². The number of imidazole rings is 1. The number of halogens is 1. The molecule has 1 aromatic carbocycles. The Morgan fingerprint density at radius 1 is 1.09 bits per heavy atom. The zero-order chi connectivity index (χ0) is 32.7. The molecule has 2 fully saturated rings. The molecule has 6 rings (SSSR count). The van der Waals surface area contributed by atoms with Crippen LogP contribution in [0.3, 0.4) is 0 Å². The number of urea groups is 2. The lowest BCUT2D eigenvalue weighted by molar-refractivity contribution is 0.182. The van der Waals surface area contributed by atoms with Crippen molar-refractivity contribution < 1.29 is 9.59 Å². The van der Waals surface area contributed by atoms with Crippen molar-refractivity contribution in [2.45, 2.75) is 76.9 Å². The van der Waals surface area contributed by atoms with Gasteiger partial charge in [0.25, 0.3) is 0 Å². The molecule has 4 amide bonds. The number of pyridine rings is 1. The molecular weight excluding hydrogens is 600 g/mol. The van der Waals surface area contributed by atoms with E-state index in [9.17, 15) is 9.59 Å². The summed E-state index contributed by atoms with van der Waals surface area (Å²) in [6.45, 7) is 9.40. The number of amides is 4. The van der Waals surface area contributed by atoms with Gasteiger partial charge < -0.3 is 30.7 Å². The smallest absolute Gasteiger partial charge is 0.317 e. The fourth-order valence-corrected chi connectivity index (χ4v) is 6.38. The molecule has 2 aromatic heterocycles. The molecule has 1 aliphatic heterocycles. The maximum absolute atomic E-state index is 12.9. The summed E-state index contributed by atoms with van der Waals surface area (Å²) in [4.78, 5) is 35.6. The minimum atomic E-state index is -0.432. The van der Waals surface area contributed by atoms with E-state index in [4.69, 9.17) is 11.6 Å². The highest BCUT2D eigenvalue weighted by atomic mass is 35.5. The van der Waals surface area contributed by atoms with Crippen LogP contribution in [0, 0.1) is 0 Å². The number of hydrogen-bond acceptors (Lipinski definition) is 5. The molecule has 1 atom stereocenters. The van der Waals surface area contributed by atoms with Crippen LogP contribution < -0.4 is 21.3 Å². The Morgan fingerprint density at radius 2 is 1.85 bits per heavy atom. The second kappa shape index (κ2) is 15.1. The summed E-state index contributed by atoms with van der Waals surface area (Å²) in [5.74, 6) is 0. The highest BCUT2D eigenvalue weighted by Gasteiger charge is 2.28. The molecule has 0 bridgehead atoms. The maximum Gasteiger partial charge on any atom is 0.317 e. The van der Waals surface area contributed by atoms with Crippen LogP contribution in [0.2, 0.25) is 5.02 Å². The number of nitrogens with zero attached hydrogens (tertiary/aromatic N) is 4. The lowest BCUT2D eigenvalue weighted by Crippen LogP contribution is -2.52. The number of nitrogens with one attached hydrogen (secondary N) is 4. The third kappa shape index (κ3) is 8.88. The van der Waals surface area contributed by atoms with Crippen LogP contribution in [0.1, 0.15) is 87.0 Å². The third-order valence-corrected chi connectivity index (χ3v) is 8.77. The standard InChI is InChI=1S/C24H26ClN5O.C11H21N3O/c1-24(2,3)29-23(31)28-22(21-13-26-14-30(21)4)19-10-16-6-5-9-27-20(16)11-15-7-8-17(25)12-18(15)19;15-11(14-8-6-12-7-9-14)13-10-4-2-1-3-5-10/h5-10,12-14,22H,11H2,1-4H3,(H2,28,29,31);10,12H,1-9H2,(H,13,15). The maximum atomic E-state index is 12.9. The Balaban J connectivity index is 0.000000232. The first-order valence-electron chi connectivity index (χ1n) is 16.3. The van der Waals surface area contributed by atoms with Crippen LogP contribution in [0.15, 0.2) is 49.1 Å². The van der Waals surface area contributed by atoms with Gasteiger partial charge >= 0.3 is 12.1 Å². The van der Waals surface area contributed by atoms with Crippen LogP contribution >= 0.6 is 11.6 Å². The van der Waals surface area contributed by atoms with Gasteiger partial charge in [-0.25, -0.2) is 14.6 Å². The van der Waals surface area contributed by atoms with E-state index in [1.807, 2.05) is 67.6 Å². The second-order valence-electron chi connectivity index (χ2n) is 13.3. The summed E-state index contributed by atoms with van der Waals surface area (Å²) in [6, 6.07) is 9.75. The third-order valence-electron chi connectivity index (χ3n) is 8.54. The predicted octanol–water partition coefficient (Wildman–Crippen LogP) is 5.69. The zero-order valence-corrected chi connectivity index (χ0v) is 28.2. The Hall–Kier alpha value is -3.89. The lowest BCUT2D eigenvalue weighted by atomic mass is 9.92. The Morgan fingerprint density at radius 3 is 2.54 bits per heavy atom. The number of aromatic nitrogens is 3. The van der Waals surface area contributed by atoms with E-state index in [0.29, 0.717) is 17.5 Å². The minimum Gasteiger partial charge on any atom is -0.336 e. The molecule has 0 radical (unpaired) electrons. The van der Waals surface area contributed by atoms with Gasteiger partial charge in [-0.1, -0.05) is 43.0 Å². The Labute approximate surface area is 277 Å². The first-order chi connectivity index (χ1) is 22.1. The van der Waals surface area contributed by atoms with Crippen molar-refractivity contribution in [3.8, 4) is 0 Å². The van der Waals surface area contributed by atoms with E-state index in [2.05, 4.69) is 37.3 Å². The average Bonchev–Trinajstić information content (AvgIpc) is 3.38. The number of piperazine rings is 1. The van der Waals surface area contributed by atoms with Crippen molar-refractivity contribution in [1.82, 2.24) is 40.7 Å². The Kier molecular flexibility index (Phi) is 11.0. The second-order valence-corrected chi connectivity index (χ2v) is 13.8. The molecule has 0 spiro atoms. The van der Waals surface area contributed by atoms with Gasteiger partial charge in [0.2, 0.25) is 0 Å². The van der Waals surface area contributed by atoms with E-state index < -0.39 is 6.04 Å².